The molecule has 6 rings (SSSR count). The molecule has 4 aliphatic rings. The maximum atomic E-state index is 5.97. The number of rotatable bonds is 1. The normalized spacial score (nSPS) is 34.4. The number of amidine groups is 1. The van der Waals surface area contributed by atoms with Crippen molar-refractivity contribution in [1.29, 1.82) is 0 Å². The van der Waals surface area contributed by atoms with Crippen molar-refractivity contribution in [3.05, 3.63) is 29.3 Å². The summed E-state index contributed by atoms with van der Waals surface area (Å²) in [7, 11) is 0. The van der Waals surface area contributed by atoms with E-state index in [9.17, 15) is 0 Å². The van der Waals surface area contributed by atoms with Crippen LogP contribution in [0.1, 0.15) is 18.4 Å². The molecule has 0 saturated carbocycles. The highest BCUT2D eigenvalue weighted by atomic mass is 32.1. The van der Waals surface area contributed by atoms with Crippen molar-refractivity contribution in [1.82, 2.24) is 15.4 Å². The van der Waals surface area contributed by atoms with Gasteiger partial charge < -0.3 is 0 Å². The number of thiazole rings is 1. The highest BCUT2D eigenvalue weighted by Gasteiger charge is 2.51. The first-order chi connectivity index (χ1) is 10.3. The first-order valence-corrected chi connectivity index (χ1v) is 8.30. The van der Waals surface area contributed by atoms with E-state index in [-0.39, 0.29) is 5.72 Å². The molecule has 6 heteroatoms. The quantitative estimate of drug-likeness (QED) is 0.875. The minimum Gasteiger partial charge on any atom is -0.298 e. The molecule has 0 unspecified atom stereocenters. The molecule has 1 spiro atoms. The highest BCUT2D eigenvalue weighted by Crippen LogP contribution is 2.41. The maximum absolute atomic E-state index is 5.97. The molecule has 108 valence electrons. The SMILES string of the molecule is c1nc2ccc(C3=N[C@@]4(CN5CCC4CC5)ON3)cc2s1. The molecule has 0 amide bonds. The molecule has 0 radical (unpaired) electrons. The summed E-state index contributed by atoms with van der Waals surface area (Å²) in [6.07, 6.45) is 2.37. The summed E-state index contributed by atoms with van der Waals surface area (Å²) in [5.74, 6) is 1.40. The van der Waals surface area contributed by atoms with E-state index in [1.165, 1.54) is 30.6 Å². The minimum atomic E-state index is -0.367. The number of aliphatic imine (C=N–C) groups is 1. The van der Waals surface area contributed by atoms with Crippen molar-refractivity contribution in [3.63, 3.8) is 0 Å². The Labute approximate surface area is 126 Å². The Balaban J connectivity index is 1.53. The predicted octanol–water partition coefficient (Wildman–Crippen LogP) is 2.00. The molecular formula is C15H16N4OS. The molecule has 2 bridgehead atoms. The van der Waals surface area contributed by atoms with Gasteiger partial charge in [0.2, 0.25) is 5.72 Å². The van der Waals surface area contributed by atoms with Gasteiger partial charge in [-0.2, -0.15) is 0 Å². The summed E-state index contributed by atoms with van der Waals surface area (Å²) in [4.78, 5) is 17.7. The molecule has 4 aliphatic heterocycles. The highest BCUT2D eigenvalue weighted by molar-refractivity contribution is 7.16. The van der Waals surface area contributed by atoms with Crippen LogP contribution in [-0.4, -0.2) is 41.1 Å². The number of benzene rings is 1. The van der Waals surface area contributed by atoms with Crippen molar-refractivity contribution < 1.29 is 4.84 Å². The van der Waals surface area contributed by atoms with Crippen molar-refractivity contribution in [2.45, 2.75) is 18.6 Å². The van der Waals surface area contributed by atoms with E-state index in [1.807, 2.05) is 11.6 Å². The summed E-state index contributed by atoms with van der Waals surface area (Å²) in [6.45, 7) is 3.29. The van der Waals surface area contributed by atoms with Crippen LogP contribution in [0.5, 0.6) is 0 Å². The Bertz CT molecular complexity index is 734. The van der Waals surface area contributed by atoms with E-state index in [0.717, 1.165) is 23.5 Å². The van der Waals surface area contributed by atoms with Crippen LogP contribution in [-0.2, 0) is 4.84 Å². The maximum Gasteiger partial charge on any atom is 0.202 e. The van der Waals surface area contributed by atoms with Crippen LogP contribution in [0.3, 0.4) is 0 Å². The van der Waals surface area contributed by atoms with Gasteiger partial charge in [0.25, 0.3) is 0 Å². The van der Waals surface area contributed by atoms with Gasteiger partial charge in [0, 0.05) is 11.5 Å². The number of hydrogen-bond donors (Lipinski definition) is 1. The summed E-state index contributed by atoms with van der Waals surface area (Å²) in [6, 6.07) is 6.26. The van der Waals surface area contributed by atoms with Gasteiger partial charge in [-0.05, 0) is 44.1 Å². The Morgan fingerprint density at radius 1 is 1.33 bits per heavy atom. The van der Waals surface area contributed by atoms with E-state index < -0.39 is 0 Å². The van der Waals surface area contributed by atoms with Gasteiger partial charge in [0.1, 0.15) is 0 Å². The lowest BCUT2D eigenvalue weighted by Gasteiger charge is -2.47. The number of hydroxylamine groups is 1. The number of fused-ring (bicyclic) bond motifs is 3. The predicted molar refractivity (Wildman–Crippen MR) is 82.3 cm³/mol. The van der Waals surface area contributed by atoms with E-state index in [2.05, 4.69) is 27.5 Å². The summed E-state index contributed by atoms with van der Waals surface area (Å²) < 4.78 is 1.19. The van der Waals surface area contributed by atoms with Gasteiger partial charge in [-0.15, -0.1) is 11.3 Å². The Morgan fingerprint density at radius 3 is 3.05 bits per heavy atom. The van der Waals surface area contributed by atoms with E-state index >= 15 is 0 Å². The van der Waals surface area contributed by atoms with Gasteiger partial charge in [-0.3, -0.25) is 4.90 Å². The fourth-order valence-electron chi connectivity index (χ4n) is 3.73. The second-order valence-electron chi connectivity index (χ2n) is 6.09. The summed E-state index contributed by atoms with van der Waals surface area (Å²) in [5.41, 5.74) is 6.72. The van der Waals surface area contributed by atoms with Crippen molar-refractivity contribution in [3.8, 4) is 0 Å². The van der Waals surface area contributed by atoms with Crippen molar-refractivity contribution in [2.24, 2.45) is 10.9 Å². The summed E-state index contributed by atoms with van der Waals surface area (Å²) >= 11 is 1.66. The number of aromatic nitrogens is 1. The van der Waals surface area contributed by atoms with Crippen LogP contribution in [0.2, 0.25) is 0 Å². The largest absolute Gasteiger partial charge is 0.298 e. The first-order valence-electron chi connectivity index (χ1n) is 7.42. The molecule has 3 saturated heterocycles. The third-order valence-corrected chi connectivity index (χ3v) is 5.70. The molecule has 5 heterocycles. The number of piperidine rings is 3. The van der Waals surface area contributed by atoms with Gasteiger partial charge in [0.15, 0.2) is 5.84 Å². The Morgan fingerprint density at radius 2 is 2.24 bits per heavy atom. The monoisotopic (exact) mass is 300 g/mol. The molecule has 1 aromatic carbocycles. The zero-order chi connectivity index (χ0) is 13.9. The second kappa shape index (κ2) is 4.25. The van der Waals surface area contributed by atoms with Crippen molar-refractivity contribution in [2.75, 3.05) is 19.6 Å². The molecule has 21 heavy (non-hydrogen) atoms. The average molecular weight is 300 g/mol. The van der Waals surface area contributed by atoms with E-state index in [0.29, 0.717) is 5.92 Å². The molecular weight excluding hydrogens is 284 g/mol. The van der Waals surface area contributed by atoms with Gasteiger partial charge in [-0.25, -0.2) is 20.3 Å². The van der Waals surface area contributed by atoms with Crippen LogP contribution >= 0.6 is 11.3 Å². The third kappa shape index (κ3) is 1.76. The van der Waals surface area contributed by atoms with E-state index in [4.69, 9.17) is 9.83 Å². The van der Waals surface area contributed by atoms with Crippen LogP contribution in [0, 0.1) is 5.92 Å². The van der Waals surface area contributed by atoms with Crippen LogP contribution in [0.15, 0.2) is 28.7 Å². The zero-order valence-corrected chi connectivity index (χ0v) is 12.4. The molecule has 1 N–H and O–H groups in total. The van der Waals surface area contributed by atoms with Gasteiger partial charge in [0.05, 0.1) is 22.3 Å². The number of nitrogens with one attached hydrogen (secondary N) is 1. The summed E-state index contributed by atoms with van der Waals surface area (Å²) in [5, 5.41) is 0. The smallest absolute Gasteiger partial charge is 0.202 e. The average Bonchev–Trinajstić information content (AvgIpc) is 3.15. The second-order valence-corrected chi connectivity index (χ2v) is 6.98. The molecule has 0 aliphatic carbocycles. The van der Waals surface area contributed by atoms with Crippen LogP contribution in [0.25, 0.3) is 10.2 Å². The fourth-order valence-corrected chi connectivity index (χ4v) is 4.45. The lowest BCUT2D eigenvalue weighted by molar-refractivity contribution is -0.155. The van der Waals surface area contributed by atoms with E-state index in [1.54, 1.807) is 11.3 Å². The standard InChI is InChI=1S/C15H16N4OS/c1-2-12-13(21-9-16-12)7-10(1)14-17-15(20-18-14)8-19-5-3-11(15)4-6-19/h1-2,7,9,11H,3-6,8H2,(H,17,18)/t15-/m0/s1. The van der Waals surface area contributed by atoms with Gasteiger partial charge >= 0.3 is 0 Å². The molecule has 5 nitrogen and oxygen atoms in total. The molecule has 3 fully saturated rings. The first kappa shape index (κ1) is 12.1. The number of hydrogen-bond acceptors (Lipinski definition) is 6. The Hall–Kier alpha value is -1.50. The molecule has 1 aromatic heterocycles. The Kier molecular flexibility index (Phi) is 2.45. The lowest BCUT2D eigenvalue weighted by atomic mass is 9.81. The van der Waals surface area contributed by atoms with Crippen LogP contribution < -0.4 is 5.48 Å². The molecule has 1 atom stereocenters. The topological polar surface area (TPSA) is 49.8 Å². The fraction of sp³-hybridized carbons (Fsp3) is 0.467. The minimum absolute atomic E-state index is 0.367. The molecule has 2 aromatic rings. The van der Waals surface area contributed by atoms with Crippen molar-refractivity contribution >= 4 is 27.4 Å². The van der Waals surface area contributed by atoms with Crippen LogP contribution in [0.4, 0.5) is 0 Å². The zero-order valence-electron chi connectivity index (χ0n) is 11.6. The van der Waals surface area contributed by atoms with Gasteiger partial charge in [-0.1, -0.05) is 0 Å². The third-order valence-electron chi connectivity index (χ3n) is 4.91. The number of nitrogens with zero attached hydrogens (tertiary/aromatic N) is 3. The lowest BCUT2D eigenvalue weighted by Crippen LogP contribution is -2.58.